The van der Waals surface area contributed by atoms with Crippen LogP contribution in [0.1, 0.15) is 78.4 Å². The lowest BCUT2D eigenvalue weighted by Crippen LogP contribution is -2.21. The highest BCUT2D eigenvalue weighted by Crippen LogP contribution is 2.38. The standard InChI is InChI=1S/C21H34NO2/c1-7-20(3,4)17-11-12-19(18(15-17)21(5,6)8-2)24-14-10-9-13-22-16-23/h11-12,15H,7-10,13-14H2,1-6H3,(H,22,23). The van der Waals surface area contributed by atoms with Gasteiger partial charge < -0.3 is 10.1 Å². The van der Waals surface area contributed by atoms with E-state index >= 15 is 0 Å². The minimum atomic E-state index is 0.0865. The molecule has 0 unspecified atom stereocenters. The molecule has 0 aliphatic heterocycles. The van der Waals surface area contributed by atoms with Crippen LogP contribution in [0.4, 0.5) is 0 Å². The van der Waals surface area contributed by atoms with Crippen molar-refractivity contribution >= 4 is 6.41 Å². The molecule has 0 aliphatic carbocycles. The average molecular weight is 333 g/mol. The summed E-state index contributed by atoms with van der Waals surface area (Å²) in [5.41, 5.74) is 2.93. The van der Waals surface area contributed by atoms with Gasteiger partial charge in [-0.2, -0.15) is 0 Å². The Balaban J connectivity index is 2.92. The SMILES string of the molecule is CCC(C)(C)c1ccc(OCCCCN[C]=O)c(C(C)(C)CC)c1. The van der Waals surface area contributed by atoms with E-state index in [-0.39, 0.29) is 10.8 Å². The number of rotatable bonds is 11. The van der Waals surface area contributed by atoms with Crippen LogP contribution < -0.4 is 10.1 Å². The highest BCUT2D eigenvalue weighted by molar-refractivity contribution is 5.46. The Morgan fingerprint density at radius 1 is 1.04 bits per heavy atom. The molecule has 0 fully saturated rings. The quantitative estimate of drug-likeness (QED) is 0.463. The summed E-state index contributed by atoms with van der Waals surface area (Å²) in [6, 6.07) is 6.68. The molecule has 0 atom stereocenters. The third-order valence-corrected chi connectivity index (χ3v) is 5.28. The fourth-order valence-electron chi connectivity index (χ4n) is 2.55. The third kappa shape index (κ3) is 5.54. The van der Waals surface area contributed by atoms with Crippen LogP contribution in [0.2, 0.25) is 0 Å². The van der Waals surface area contributed by atoms with Crippen LogP contribution in [0.5, 0.6) is 5.75 Å². The summed E-state index contributed by atoms with van der Waals surface area (Å²) in [6.45, 7) is 14.9. The van der Waals surface area contributed by atoms with Crippen molar-refractivity contribution in [1.82, 2.24) is 5.32 Å². The molecule has 0 saturated carbocycles. The first-order valence-electron chi connectivity index (χ1n) is 9.16. The molecule has 3 heteroatoms. The van der Waals surface area contributed by atoms with Crippen molar-refractivity contribution in [2.45, 2.75) is 78.1 Å². The van der Waals surface area contributed by atoms with Crippen molar-refractivity contribution in [3.63, 3.8) is 0 Å². The number of amides is 1. The molecule has 0 saturated heterocycles. The van der Waals surface area contributed by atoms with Gasteiger partial charge in [0, 0.05) is 12.1 Å². The molecule has 24 heavy (non-hydrogen) atoms. The summed E-state index contributed by atoms with van der Waals surface area (Å²) < 4.78 is 6.08. The topological polar surface area (TPSA) is 38.3 Å². The second kappa shape index (κ2) is 9.10. The molecule has 135 valence electrons. The highest BCUT2D eigenvalue weighted by atomic mass is 16.5. The van der Waals surface area contributed by atoms with Crippen molar-refractivity contribution in [2.75, 3.05) is 13.2 Å². The second-order valence-corrected chi connectivity index (χ2v) is 7.77. The van der Waals surface area contributed by atoms with E-state index in [9.17, 15) is 4.79 Å². The van der Waals surface area contributed by atoms with Crippen LogP contribution in [0.3, 0.4) is 0 Å². The van der Waals surface area contributed by atoms with Gasteiger partial charge in [-0.05, 0) is 48.1 Å². The number of benzene rings is 1. The van der Waals surface area contributed by atoms with Gasteiger partial charge in [-0.3, -0.25) is 4.79 Å². The van der Waals surface area contributed by atoms with Crippen LogP contribution in [-0.2, 0) is 15.6 Å². The van der Waals surface area contributed by atoms with Crippen LogP contribution in [0.15, 0.2) is 18.2 Å². The Hall–Kier alpha value is -1.51. The van der Waals surface area contributed by atoms with Gasteiger partial charge in [-0.15, -0.1) is 0 Å². The fourth-order valence-corrected chi connectivity index (χ4v) is 2.55. The maximum absolute atomic E-state index is 10.1. The van der Waals surface area contributed by atoms with E-state index in [1.54, 1.807) is 6.41 Å². The monoisotopic (exact) mass is 332 g/mol. The van der Waals surface area contributed by atoms with E-state index in [1.165, 1.54) is 11.1 Å². The van der Waals surface area contributed by atoms with Gasteiger partial charge in [0.15, 0.2) is 0 Å². The Labute approximate surface area is 148 Å². The number of hydrogen-bond acceptors (Lipinski definition) is 2. The van der Waals surface area contributed by atoms with Gasteiger partial charge in [0.25, 0.3) is 0 Å². The molecular formula is C21H34NO2. The molecule has 0 aromatic heterocycles. The van der Waals surface area contributed by atoms with Crippen LogP contribution in [-0.4, -0.2) is 19.6 Å². The van der Waals surface area contributed by atoms with Gasteiger partial charge in [-0.1, -0.05) is 53.7 Å². The Bertz CT molecular complexity index is 521. The van der Waals surface area contributed by atoms with E-state index in [2.05, 4.69) is 65.1 Å². The maximum Gasteiger partial charge on any atom is 0.309 e. The van der Waals surface area contributed by atoms with E-state index in [0.29, 0.717) is 13.2 Å². The summed E-state index contributed by atoms with van der Waals surface area (Å²) in [7, 11) is 0. The summed E-state index contributed by atoms with van der Waals surface area (Å²) in [6.07, 6.45) is 5.70. The molecule has 1 aromatic carbocycles. The molecule has 1 aromatic rings. The first-order valence-corrected chi connectivity index (χ1v) is 9.16. The lowest BCUT2D eigenvalue weighted by atomic mass is 9.76. The molecule has 1 N–H and O–H groups in total. The van der Waals surface area contributed by atoms with Crippen molar-refractivity contribution in [2.24, 2.45) is 0 Å². The molecule has 1 amide bonds. The van der Waals surface area contributed by atoms with E-state index in [1.807, 2.05) is 0 Å². The maximum atomic E-state index is 10.1. The van der Waals surface area contributed by atoms with E-state index in [4.69, 9.17) is 4.74 Å². The summed E-state index contributed by atoms with van der Waals surface area (Å²) in [5, 5.41) is 2.56. The lowest BCUT2D eigenvalue weighted by Gasteiger charge is -2.30. The average Bonchev–Trinajstić information content (AvgIpc) is 2.57. The van der Waals surface area contributed by atoms with E-state index in [0.717, 1.165) is 31.4 Å². The molecule has 1 radical (unpaired) electrons. The zero-order valence-electron chi connectivity index (χ0n) is 16.3. The molecule has 0 spiro atoms. The molecule has 1 rings (SSSR count). The van der Waals surface area contributed by atoms with E-state index < -0.39 is 0 Å². The smallest absolute Gasteiger partial charge is 0.309 e. The number of ether oxygens (including phenoxy) is 1. The number of hydrogen-bond donors (Lipinski definition) is 1. The van der Waals surface area contributed by atoms with Gasteiger partial charge in [0.05, 0.1) is 6.61 Å². The van der Waals surface area contributed by atoms with Crippen LogP contribution in [0, 0.1) is 0 Å². The number of nitrogens with one attached hydrogen (secondary N) is 1. The normalized spacial score (nSPS) is 12.1. The molecule has 0 aliphatic rings. The van der Waals surface area contributed by atoms with Crippen LogP contribution in [0.25, 0.3) is 0 Å². The first-order chi connectivity index (χ1) is 11.3. The zero-order valence-corrected chi connectivity index (χ0v) is 16.3. The zero-order chi connectivity index (χ0) is 18.2. The lowest BCUT2D eigenvalue weighted by molar-refractivity contribution is 0.296. The van der Waals surface area contributed by atoms with Gasteiger partial charge >= 0.3 is 6.41 Å². The van der Waals surface area contributed by atoms with Gasteiger partial charge in [0.1, 0.15) is 5.75 Å². The van der Waals surface area contributed by atoms with Crippen LogP contribution >= 0.6 is 0 Å². The summed E-state index contributed by atoms with van der Waals surface area (Å²) in [5.74, 6) is 0.993. The second-order valence-electron chi connectivity index (χ2n) is 7.77. The fraction of sp³-hybridized carbons (Fsp3) is 0.667. The number of carbonyl (C=O) groups excluding carboxylic acids is 1. The molecule has 0 bridgehead atoms. The Kier molecular flexibility index (Phi) is 7.78. The highest BCUT2D eigenvalue weighted by Gasteiger charge is 2.26. The summed E-state index contributed by atoms with van der Waals surface area (Å²) >= 11 is 0. The Morgan fingerprint density at radius 3 is 2.29 bits per heavy atom. The van der Waals surface area contributed by atoms with Gasteiger partial charge in [0.2, 0.25) is 0 Å². The van der Waals surface area contributed by atoms with Crippen molar-refractivity contribution < 1.29 is 9.53 Å². The molecule has 0 heterocycles. The Morgan fingerprint density at radius 2 is 1.71 bits per heavy atom. The third-order valence-electron chi connectivity index (χ3n) is 5.28. The van der Waals surface area contributed by atoms with Gasteiger partial charge in [-0.25, -0.2) is 0 Å². The minimum absolute atomic E-state index is 0.0865. The van der Waals surface area contributed by atoms with Crippen molar-refractivity contribution in [3.8, 4) is 5.75 Å². The summed E-state index contributed by atoms with van der Waals surface area (Å²) in [4.78, 5) is 10.1. The largest absolute Gasteiger partial charge is 0.493 e. The first kappa shape index (κ1) is 20.5. The predicted molar refractivity (Wildman–Crippen MR) is 102 cm³/mol. The van der Waals surface area contributed by atoms with Crippen molar-refractivity contribution in [1.29, 1.82) is 0 Å². The number of unbranched alkanes of at least 4 members (excludes halogenated alkanes) is 1. The van der Waals surface area contributed by atoms with Crippen molar-refractivity contribution in [3.05, 3.63) is 29.3 Å². The minimum Gasteiger partial charge on any atom is -0.493 e. The molecule has 3 nitrogen and oxygen atoms in total. The predicted octanol–water partition coefficient (Wildman–Crippen LogP) is 4.88. The molecular weight excluding hydrogens is 298 g/mol.